The van der Waals surface area contributed by atoms with Gasteiger partial charge in [0.15, 0.2) is 0 Å². The number of rotatable bonds is 3. The van der Waals surface area contributed by atoms with E-state index in [4.69, 9.17) is 0 Å². The summed E-state index contributed by atoms with van der Waals surface area (Å²) in [7, 11) is 0. The van der Waals surface area contributed by atoms with Crippen molar-refractivity contribution in [3.8, 4) is 44.8 Å². The van der Waals surface area contributed by atoms with Crippen LogP contribution in [0.25, 0.3) is 78.7 Å². The first kappa shape index (κ1) is 28.6. The van der Waals surface area contributed by atoms with Crippen LogP contribution in [0.5, 0.6) is 0 Å². The second kappa shape index (κ2) is 10.7. The van der Waals surface area contributed by atoms with Crippen LogP contribution in [-0.2, 0) is 25.7 Å². The van der Waals surface area contributed by atoms with Crippen LogP contribution in [0.2, 0.25) is 0 Å². The molecule has 4 aliphatic rings. The standard InChI is InChI=1S/C50H36N2/c1-2-16-34(17-3-1)51-42-24-8-6-19-39(42)49-45(51)27-28-46-50(49)40-20-7-9-25-43(40)52(46)44-26-12-23-38-41(44)30-33-15-11-22-37(48(33)38)36-21-10-14-32-29-31-13-4-5-18-35(31)47(32)36/h1-5,8-18,21-28H,6-7,19-20,29-30H2. The van der Waals surface area contributed by atoms with Crippen LogP contribution in [0.4, 0.5) is 0 Å². The summed E-state index contributed by atoms with van der Waals surface area (Å²) in [6.07, 6.45) is 15.7. The summed E-state index contributed by atoms with van der Waals surface area (Å²) < 4.78 is 5.12. The summed E-state index contributed by atoms with van der Waals surface area (Å²) in [6, 6.07) is 45.7. The monoisotopic (exact) mass is 664 g/mol. The molecule has 0 radical (unpaired) electrons. The fraction of sp³-hybridized carbons (Fsp3) is 0.120. The fourth-order valence-corrected chi connectivity index (χ4v) is 10.3. The molecule has 0 aliphatic heterocycles. The van der Waals surface area contributed by atoms with Crippen molar-refractivity contribution in [2.45, 2.75) is 38.5 Å². The SMILES string of the molecule is C1=Cc2c(c3c4c5c(n(-c6cccc7c6Cc6cccc(-c8cccc9c8-c8ccccc8C9)c6-7)c4ccc3n2-c2ccccc2)C=CCC5)CC1. The van der Waals surface area contributed by atoms with Gasteiger partial charge in [0.05, 0.1) is 16.7 Å². The van der Waals surface area contributed by atoms with Gasteiger partial charge < -0.3 is 9.13 Å². The molecule has 4 aliphatic carbocycles. The average molecular weight is 665 g/mol. The molecule has 2 heteroatoms. The highest BCUT2D eigenvalue weighted by molar-refractivity contribution is 6.13. The van der Waals surface area contributed by atoms with E-state index in [1.54, 1.807) is 0 Å². The number of benzene rings is 6. The molecule has 0 N–H and O–H groups in total. The molecular weight excluding hydrogens is 629 g/mol. The highest BCUT2D eigenvalue weighted by Gasteiger charge is 2.31. The van der Waals surface area contributed by atoms with Gasteiger partial charge in [-0.05, 0) is 141 Å². The van der Waals surface area contributed by atoms with Crippen LogP contribution in [0.15, 0.2) is 133 Å². The van der Waals surface area contributed by atoms with Gasteiger partial charge in [0.25, 0.3) is 0 Å². The molecule has 2 nitrogen and oxygen atoms in total. The lowest BCUT2D eigenvalue weighted by atomic mass is 9.89. The maximum absolute atomic E-state index is 2.62. The molecule has 0 unspecified atom stereocenters. The fourth-order valence-electron chi connectivity index (χ4n) is 10.3. The van der Waals surface area contributed by atoms with Gasteiger partial charge in [-0.2, -0.15) is 0 Å². The van der Waals surface area contributed by atoms with Crippen LogP contribution in [0.1, 0.15) is 57.6 Å². The lowest BCUT2D eigenvalue weighted by Gasteiger charge is -2.17. The number of nitrogens with zero attached hydrogens (tertiary/aromatic N) is 2. The van der Waals surface area contributed by atoms with Gasteiger partial charge in [-0.3, -0.25) is 0 Å². The number of hydrogen-bond donors (Lipinski definition) is 0. The Labute approximate surface area is 303 Å². The van der Waals surface area contributed by atoms with Crippen LogP contribution in [-0.4, -0.2) is 9.13 Å². The number of allylic oxidation sites excluding steroid dienone is 2. The third kappa shape index (κ3) is 3.79. The third-order valence-electron chi connectivity index (χ3n) is 12.3. The summed E-state index contributed by atoms with van der Waals surface area (Å²) in [6.45, 7) is 0. The molecule has 12 rings (SSSR count). The topological polar surface area (TPSA) is 9.86 Å². The Morgan fingerprint density at radius 1 is 0.404 bits per heavy atom. The van der Waals surface area contributed by atoms with Gasteiger partial charge in [-0.1, -0.05) is 103 Å². The number of aryl methyl sites for hydroxylation is 2. The molecule has 2 heterocycles. The predicted molar refractivity (Wildman–Crippen MR) is 217 cm³/mol. The molecule has 8 aromatic rings. The molecule has 0 saturated carbocycles. The lowest BCUT2D eigenvalue weighted by molar-refractivity contribution is 0.961. The Bertz CT molecular complexity index is 2890. The minimum atomic E-state index is 0.936. The lowest BCUT2D eigenvalue weighted by Crippen LogP contribution is -2.03. The quantitative estimate of drug-likeness (QED) is 0.178. The highest BCUT2D eigenvalue weighted by Crippen LogP contribution is 2.51. The molecule has 0 spiro atoms. The van der Waals surface area contributed by atoms with Crippen molar-refractivity contribution in [1.29, 1.82) is 0 Å². The van der Waals surface area contributed by atoms with E-state index in [0.29, 0.717) is 0 Å². The van der Waals surface area contributed by atoms with Gasteiger partial charge in [0, 0.05) is 34.3 Å². The van der Waals surface area contributed by atoms with E-state index in [9.17, 15) is 0 Å². The maximum atomic E-state index is 2.62. The third-order valence-corrected chi connectivity index (χ3v) is 12.3. The molecule has 6 aromatic carbocycles. The average Bonchev–Trinajstić information content (AvgIpc) is 3.95. The van der Waals surface area contributed by atoms with E-state index in [-0.39, 0.29) is 0 Å². The van der Waals surface area contributed by atoms with Crippen LogP contribution >= 0.6 is 0 Å². The Hall–Kier alpha value is -6.12. The first-order valence-electron chi connectivity index (χ1n) is 18.9. The van der Waals surface area contributed by atoms with Gasteiger partial charge in [0.1, 0.15) is 0 Å². The predicted octanol–water partition coefficient (Wildman–Crippen LogP) is 12.3. The number of fused-ring (bicyclic) bond motifs is 13. The van der Waals surface area contributed by atoms with E-state index >= 15 is 0 Å². The maximum Gasteiger partial charge on any atom is 0.0545 e. The summed E-state index contributed by atoms with van der Waals surface area (Å²) >= 11 is 0. The van der Waals surface area contributed by atoms with Crippen LogP contribution in [0, 0.1) is 0 Å². The number of para-hydroxylation sites is 1. The molecule has 0 fully saturated rings. The van der Waals surface area contributed by atoms with Crippen LogP contribution < -0.4 is 0 Å². The Morgan fingerprint density at radius 2 is 0.962 bits per heavy atom. The minimum Gasteiger partial charge on any atom is -0.310 e. The summed E-state index contributed by atoms with van der Waals surface area (Å²) in [5, 5.41) is 2.90. The first-order chi connectivity index (χ1) is 25.8. The number of hydrogen-bond acceptors (Lipinski definition) is 0. The van der Waals surface area contributed by atoms with Crippen molar-refractivity contribution in [3.05, 3.63) is 178 Å². The van der Waals surface area contributed by atoms with E-state index < -0.39 is 0 Å². The number of aromatic nitrogens is 2. The van der Waals surface area contributed by atoms with Gasteiger partial charge >= 0.3 is 0 Å². The van der Waals surface area contributed by atoms with Gasteiger partial charge in [-0.25, -0.2) is 0 Å². The summed E-state index contributed by atoms with van der Waals surface area (Å²) in [5.41, 5.74) is 24.9. The molecule has 52 heavy (non-hydrogen) atoms. The van der Waals surface area contributed by atoms with Crippen molar-refractivity contribution in [2.24, 2.45) is 0 Å². The molecule has 246 valence electrons. The van der Waals surface area contributed by atoms with Gasteiger partial charge in [-0.15, -0.1) is 0 Å². The molecule has 0 saturated heterocycles. The van der Waals surface area contributed by atoms with Gasteiger partial charge in [0.2, 0.25) is 0 Å². The molecular formula is C50H36N2. The first-order valence-corrected chi connectivity index (χ1v) is 18.9. The molecule has 0 amide bonds. The smallest absolute Gasteiger partial charge is 0.0545 e. The zero-order valence-electron chi connectivity index (χ0n) is 29.0. The summed E-state index contributed by atoms with van der Waals surface area (Å²) in [4.78, 5) is 0. The normalized spacial score (nSPS) is 14.7. The van der Waals surface area contributed by atoms with Crippen molar-refractivity contribution < 1.29 is 0 Å². The highest BCUT2D eigenvalue weighted by atomic mass is 15.0. The molecule has 2 aromatic heterocycles. The van der Waals surface area contributed by atoms with Crippen molar-refractivity contribution in [1.82, 2.24) is 9.13 Å². The van der Waals surface area contributed by atoms with Crippen molar-refractivity contribution in [3.63, 3.8) is 0 Å². The second-order valence-electron chi connectivity index (χ2n) is 15.0. The van der Waals surface area contributed by atoms with Crippen LogP contribution in [0.3, 0.4) is 0 Å². The largest absolute Gasteiger partial charge is 0.310 e. The molecule has 0 atom stereocenters. The Balaban J connectivity index is 1.10. The zero-order valence-corrected chi connectivity index (χ0v) is 29.0. The Morgan fingerprint density at radius 3 is 1.71 bits per heavy atom. The van der Waals surface area contributed by atoms with E-state index in [1.807, 2.05) is 0 Å². The Kier molecular flexibility index (Phi) is 5.88. The molecule has 0 bridgehead atoms. The second-order valence-corrected chi connectivity index (χ2v) is 15.0. The minimum absolute atomic E-state index is 0.936. The van der Waals surface area contributed by atoms with Crippen molar-refractivity contribution >= 4 is 34.0 Å². The van der Waals surface area contributed by atoms with E-state index in [1.165, 1.54) is 111 Å². The van der Waals surface area contributed by atoms with E-state index in [0.717, 1.165) is 38.5 Å². The summed E-state index contributed by atoms with van der Waals surface area (Å²) in [5.74, 6) is 0. The van der Waals surface area contributed by atoms with E-state index in [2.05, 4.69) is 155 Å². The zero-order chi connectivity index (χ0) is 33.9. The van der Waals surface area contributed by atoms with Crippen molar-refractivity contribution in [2.75, 3.05) is 0 Å².